The van der Waals surface area contributed by atoms with Crippen LogP contribution in [0.4, 0.5) is 0 Å². The summed E-state index contributed by atoms with van der Waals surface area (Å²) < 4.78 is 12.5. The zero-order valence-corrected chi connectivity index (χ0v) is 20.2. The van der Waals surface area contributed by atoms with Crippen molar-refractivity contribution < 1.29 is 9.47 Å². The van der Waals surface area contributed by atoms with Gasteiger partial charge in [0, 0.05) is 26.2 Å². The Hall–Kier alpha value is -1.04. The molecule has 2 atom stereocenters. The van der Waals surface area contributed by atoms with E-state index >= 15 is 0 Å². The first-order valence-electron chi connectivity index (χ1n) is 11.8. The topological polar surface area (TPSA) is 24.9 Å². The van der Waals surface area contributed by atoms with Crippen LogP contribution in [-0.4, -0.2) is 71.5 Å². The summed E-state index contributed by atoms with van der Waals surface area (Å²) >= 11 is 0. The number of piperazine rings is 1. The van der Waals surface area contributed by atoms with Gasteiger partial charge >= 0.3 is 0 Å². The molecule has 3 aliphatic rings. The zero-order chi connectivity index (χ0) is 21.9. The molecule has 0 saturated carbocycles. The molecule has 0 radical (unpaired) electrons. The maximum atomic E-state index is 6.26. The van der Waals surface area contributed by atoms with Gasteiger partial charge in [-0.1, -0.05) is 23.7 Å². The molecule has 0 bridgehead atoms. The molecule has 3 rings (SSSR count). The van der Waals surface area contributed by atoms with Gasteiger partial charge in [0.25, 0.3) is 0 Å². The van der Waals surface area contributed by atoms with Gasteiger partial charge in [-0.3, -0.25) is 9.80 Å². The van der Waals surface area contributed by atoms with E-state index in [1.165, 1.54) is 12.8 Å². The van der Waals surface area contributed by atoms with Gasteiger partial charge in [0.1, 0.15) is 11.2 Å². The minimum atomic E-state index is -0.287. The van der Waals surface area contributed by atoms with E-state index in [1.807, 2.05) is 0 Å². The van der Waals surface area contributed by atoms with Crippen molar-refractivity contribution in [3.63, 3.8) is 0 Å². The van der Waals surface area contributed by atoms with Crippen molar-refractivity contribution in [2.24, 2.45) is 0 Å². The summed E-state index contributed by atoms with van der Waals surface area (Å²) in [6.45, 7) is 18.9. The van der Waals surface area contributed by atoms with Gasteiger partial charge in [0.2, 0.25) is 0 Å². The third-order valence-electron chi connectivity index (χ3n) is 6.64. The van der Waals surface area contributed by atoms with E-state index in [4.69, 9.17) is 9.47 Å². The van der Waals surface area contributed by atoms with Crippen molar-refractivity contribution in [2.45, 2.75) is 102 Å². The Morgan fingerprint density at radius 1 is 0.600 bits per heavy atom. The molecule has 0 unspecified atom stereocenters. The quantitative estimate of drug-likeness (QED) is 0.636. The lowest BCUT2D eigenvalue weighted by Gasteiger charge is -2.40. The molecule has 3 saturated heterocycles. The molecule has 0 spiro atoms. The van der Waals surface area contributed by atoms with Crippen molar-refractivity contribution in [1.82, 2.24) is 9.80 Å². The highest BCUT2D eigenvalue weighted by Gasteiger charge is 2.36. The van der Waals surface area contributed by atoms with Crippen LogP contribution in [0.2, 0.25) is 0 Å². The van der Waals surface area contributed by atoms with Gasteiger partial charge in [-0.15, -0.1) is 0 Å². The summed E-state index contributed by atoms with van der Waals surface area (Å²) in [5.74, 6) is 13.7. The molecule has 3 heterocycles. The molecule has 168 valence electrons. The zero-order valence-electron chi connectivity index (χ0n) is 20.2. The van der Waals surface area contributed by atoms with Crippen LogP contribution < -0.4 is 0 Å². The number of ether oxygens (including phenoxy) is 2. The van der Waals surface area contributed by atoms with E-state index in [0.717, 1.165) is 65.0 Å². The molecule has 30 heavy (non-hydrogen) atoms. The maximum Gasteiger partial charge on any atom is 0.126 e. The summed E-state index contributed by atoms with van der Waals surface area (Å²) in [6.07, 6.45) is 6.71. The van der Waals surface area contributed by atoms with E-state index in [0.29, 0.717) is 0 Å². The summed E-state index contributed by atoms with van der Waals surface area (Å²) in [7, 11) is 0. The van der Waals surface area contributed by atoms with E-state index in [-0.39, 0.29) is 22.4 Å². The highest BCUT2D eigenvalue weighted by Crippen LogP contribution is 2.35. The molecule has 3 fully saturated rings. The molecular formula is C26H42N2O2. The van der Waals surface area contributed by atoms with Crippen molar-refractivity contribution in [3.8, 4) is 23.7 Å². The minimum absolute atomic E-state index is 0.0518. The van der Waals surface area contributed by atoms with Crippen LogP contribution in [0.25, 0.3) is 0 Å². The molecule has 0 aliphatic carbocycles. The lowest BCUT2D eigenvalue weighted by Crippen LogP contribution is -2.46. The first kappa shape index (κ1) is 23.6. The fraction of sp³-hybridized carbons (Fsp3) is 0.846. The molecule has 0 N–H and O–H groups in total. The third-order valence-corrected chi connectivity index (χ3v) is 6.64. The Labute approximate surface area is 185 Å². The van der Waals surface area contributed by atoms with Gasteiger partial charge in [0.05, 0.1) is 24.3 Å². The maximum absolute atomic E-state index is 6.26. The first-order chi connectivity index (χ1) is 14.0. The van der Waals surface area contributed by atoms with Crippen molar-refractivity contribution in [1.29, 1.82) is 0 Å². The summed E-state index contributed by atoms with van der Waals surface area (Å²) in [5.41, 5.74) is -0.677. The van der Waals surface area contributed by atoms with E-state index < -0.39 is 0 Å². The molecule has 0 aromatic carbocycles. The fourth-order valence-corrected chi connectivity index (χ4v) is 5.08. The largest absolute Gasteiger partial charge is 0.357 e. The summed E-state index contributed by atoms with van der Waals surface area (Å²) in [6, 6.07) is 0. The van der Waals surface area contributed by atoms with Crippen LogP contribution in [0.5, 0.6) is 0 Å². The predicted molar refractivity (Wildman–Crippen MR) is 123 cm³/mol. The molecule has 4 nitrogen and oxygen atoms in total. The lowest BCUT2D eigenvalue weighted by atomic mass is 9.88. The number of nitrogens with zero attached hydrogens (tertiary/aromatic N) is 2. The number of hydrogen-bond acceptors (Lipinski definition) is 4. The van der Waals surface area contributed by atoms with Crippen LogP contribution in [0, 0.1) is 23.7 Å². The van der Waals surface area contributed by atoms with E-state index in [1.54, 1.807) is 0 Å². The smallest absolute Gasteiger partial charge is 0.126 e. The molecule has 4 heteroatoms. The summed E-state index contributed by atoms with van der Waals surface area (Å²) in [5, 5.41) is 0. The Morgan fingerprint density at radius 3 is 1.30 bits per heavy atom. The van der Waals surface area contributed by atoms with Crippen LogP contribution in [0.15, 0.2) is 0 Å². The third kappa shape index (κ3) is 7.00. The lowest BCUT2D eigenvalue weighted by molar-refractivity contribution is -0.135. The number of hydrogen-bond donors (Lipinski definition) is 0. The van der Waals surface area contributed by atoms with Crippen LogP contribution >= 0.6 is 0 Å². The number of rotatable bonds is 2. The average Bonchev–Trinajstić information content (AvgIpc) is 2.60. The van der Waals surface area contributed by atoms with Crippen LogP contribution in [0.1, 0.15) is 80.1 Å². The Bertz CT molecular complexity index is 653. The van der Waals surface area contributed by atoms with E-state index in [9.17, 15) is 0 Å². The van der Waals surface area contributed by atoms with Crippen molar-refractivity contribution in [2.75, 3.05) is 39.3 Å². The highest BCUT2D eigenvalue weighted by atomic mass is 16.5. The SMILES string of the molecule is CC1(C)CCC[C@](C)(C#CCN2CCN(CC#C[C@]3(C)CCCC(C)(C)O3)CC2)O1. The van der Waals surface area contributed by atoms with Gasteiger partial charge in [-0.2, -0.15) is 0 Å². The van der Waals surface area contributed by atoms with Crippen LogP contribution in [0.3, 0.4) is 0 Å². The first-order valence-corrected chi connectivity index (χ1v) is 11.8. The molecule has 0 aromatic heterocycles. The highest BCUT2D eigenvalue weighted by molar-refractivity contribution is 5.17. The van der Waals surface area contributed by atoms with Crippen molar-refractivity contribution in [3.05, 3.63) is 0 Å². The van der Waals surface area contributed by atoms with E-state index in [2.05, 4.69) is 75.0 Å². The van der Waals surface area contributed by atoms with Crippen molar-refractivity contribution >= 4 is 0 Å². The molecular weight excluding hydrogens is 372 g/mol. The minimum Gasteiger partial charge on any atom is -0.357 e. The average molecular weight is 415 g/mol. The normalized spacial score (nSPS) is 34.3. The fourth-order valence-electron chi connectivity index (χ4n) is 5.08. The predicted octanol–water partition coefficient (Wildman–Crippen LogP) is 4.09. The second-order valence-electron chi connectivity index (χ2n) is 11.0. The monoisotopic (exact) mass is 414 g/mol. The van der Waals surface area contributed by atoms with Gasteiger partial charge in [-0.05, 0) is 80.1 Å². The standard InChI is InChI=1S/C26H42N2O2/c1-23(2)11-7-13-25(5,29-23)15-9-17-27-19-21-28(22-20-27)18-10-16-26(6)14-8-12-24(3,4)30-26/h7-8,11-14,17-22H2,1-6H3/t25-,26+. The Morgan fingerprint density at radius 2 is 0.967 bits per heavy atom. The summed E-state index contributed by atoms with van der Waals surface area (Å²) in [4.78, 5) is 4.89. The molecule has 0 amide bonds. The second-order valence-corrected chi connectivity index (χ2v) is 11.0. The molecule has 0 aromatic rings. The van der Waals surface area contributed by atoms with Gasteiger partial charge in [0.15, 0.2) is 0 Å². The Balaban J connectivity index is 1.41. The van der Waals surface area contributed by atoms with Gasteiger partial charge in [-0.25, -0.2) is 0 Å². The second kappa shape index (κ2) is 9.22. The van der Waals surface area contributed by atoms with Gasteiger partial charge < -0.3 is 9.47 Å². The molecule has 3 aliphatic heterocycles. The Kier molecular flexibility index (Phi) is 7.26. The van der Waals surface area contributed by atoms with Crippen LogP contribution in [-0.2, 0) is 9.47 Å².